The molecule has 5 atom stereocenters. The molecule has 2 aromatic heterocycles. The summed E-state index contributed by atoms with van der Waals surface area (Å²) in [4.78, 5) is 12.2. The largest absolute Gasteiger partial charge is 0.394 e. The lowest BCUT2D eigenvalue weighted by atomic mass is 9.96. The Balaban J connectivity index is 2.08. The lowest BCUT2D eigenvalue weighted by molar-refractivity contribution is -0.0950. The molecule has 7 N–H and O–H groups in total. The lowest BCUT2D eigenvalue weighted by Crippen LogP contribution is -2.44. The number of aliphatic hydroxyl groups is 3. The Morgan fingerprint density at radius 1 is 1.48 bits per heavy atom. The van der Waals surface area contributed by atoms with Crippen molar-refractivity contribution in [3.63, 3.8) is 0 Å². The standard InChI is InChI=1S/C12H18N6O5/c1-12(21)8(20)5(2-19)23-11(12)18-4-16-7-6(9(13)17-22)14-3-15-10(7)18/h3-5,8-9,11,17,19-22H,2,13H2,1H3. The first-order valence-corrected chi connectivity index (χ1v) is 6.91. The number of rotatable bonds is 4. The summed E-state index contributed by atoms with van der Waals surface area (Å²) >= 11 is 0. The zero-order chi connectivity index (χ0) is 16.8. The predicted molar refractivity (Wildman–Crippen MR) is 74.8 cm³/mol. The minimum Gasteiger partial charge on any atom is -0.394 e. The van der Waals surface area contributed by atoms with E-state index in [1.165, 1.54) is 24.1 Å². The quantitative estimate of drug-likeness (QED) is 0.266. The lowest BCUT2D eigenvalue weighted by Gasteiger charge is -2.27. The molecule has 11 heteroatoms. The van der Waals surface area contributed by atoms with Crippen molar-refractivity contribution in [2.75, 3.05) is 6.61 Å². The maximum Gasteiger partial charge on any atom is 0.168 e. The second-order valence-electron chi connectivity index (χ2n) is 5.57. The van der Waals surface area contributed by atoms with Crippen LogP contribution in [0.15, 0.2) is 12.7 Å². The summed E-state index contributed by atoms with van der Waals surface area (Å²) in [7, 11) is 0. The fourth-order valence-electron chi connectivity index (χ4n) is 2.72. The van der Waals surface area contributed by atoms with Crippen LogP contribution in [0.1, 0.15) is 25.0 Å². The zero-order valence-corrected chi connectivity index (χ0v) is 12.2. The molecular weight excluding hydrogens is 308 g/mol. The molecule has 0 spiro atoms. The Morgan fingerprint density at radius 2 is 2.22 bits per heavy atom. The van der Waals surface area contributed by atoms with Crippen molar-refractivity contribution in [2.24, 2.45) is 5.73 Å². The van der Waals surface area contributed by atoms with Gasteiger partial charge in [0.25, 0.3) is 0 Å². The Kier molecular flexibility index (Phi) is 4.01. The number of aromatic nitrogens is 4. The summed E-state index contributed by atoms with van der Waals surface area (Å²) in [6.07, 6.45) is -1.60. The molecule has 1 fully saturated rings. The third-order valence-corrected chi connectivity index (χ3v) is 4.01. The van der Waals surface area contributed by atoms with Gasteiger partial charge >= 0.3 is 0 Å². The average molecular weight is 326 g/mol. The molecule has 0 aromatic carbocycles. The van der Waals surface area contributed by atoms with Crippen LogP contribution in [0.25, 0.3) is 11.2 Å². The van der Waals surface area contributed by atoms with E-state index in [0.29, 0.717) is 11.2 Å². The van der Waals surface area contributed by atoms with Crippen LogP contribution in [0.5, 0.6) is 0 Å². The molecule has 3 heterocycles. The Morgan fingerprint density at radius 3 is 2.83 bits per heavy atom. The number of ether oxygens (including phenoxy) is 1. The molecule has 0 aliphatic carbocycles. The van der Waals surface area contributed by atoms with Crippen LogP contribution < -0.4 is 11.2 Å². The molecule has 23 heavy (non-hydrogen) atoms. The molecule has 0 bridgehead atoms. The van der Waals surface area contributed by atoms with Gasteiger partial charge in [0.1, 0.15) is 41.5 Å². The van der Waals surface area contributed by atoms with Crippen LogP contribution in [0.3, 0.4) is 0 Å². The van der Waals surface area contributed by atoms with E-state index in [2.05, 4.69) is 15.0 Å². The van der Waals surface area contributed by atoms with Gasteiger partial charge in [-0.1, -0.05) is 0 Å². The maximum atomic E-state index is 10.5. The zero-order valence-electron chi connectivity index (χ0n) is 12.2. The van der Waals surface area contributed by atoms with E-state index in [-0.39, 0.29) is 5.69 Å². The molecular formula is C12H18N6O5. The summed E-state index contributed by atoms with van der Waals surface area (Å²) < 4.78 is 6.95. The minimum atomic E-state index is -1.66. The molecule has 1 aliphatic heterocycles. The molecule has 1 saturated heterocycles. The van der Waals surface area contributed by atoms with E-state index in [4.69, 9.17) is 15.7 Å². The van der Waals surface area contributed by atoms with Crippen molar-refractivity contribution < 1.29 is 25.3 Å². The fourth-order valence-corrected chi connectivity index (χ4v) is 2.72. The van der Waals surface area contributed by atoms with Crippen LogP contribution in [0, 0.1) is 0 Å². The minimum absolute atomic E-state index is 0.258. The summed E-state index contributed by atoms with van der Waals surface area (Å²) in [5, 5.41) is 38.8. The summed E-state index contributed by atoms with van der Waals surface area (Å²) in [6.45, 7) is 0.951. The van der Waals surface area contributed by atoms with Gasteiger partial charge in [0, 0.05) is 0 Å². The number of imidazole rings is 1. The smallest absolute Gasteiger partial charge is 0.168 e. The topological polar surface area (TPSA) is 172 Å². The van der Waals surface area contributed by atoms with Crippen LogP contribution in [0.2, 0.25) is 0 Å². The third-order valence-electron chi connectivity index (χ3n) is 4.01. The highest BCUT2D eigenvalue weighted by Crippen LogP contribution is 2.39. The highest BCUT2D eigenvalue weighted by molar-refractivity contribution is 5.73. The van der Waals surface area contributed by atoms with Crippen molar-refractivity contribution in [3.8, 4) is 0 Å². The first-order chi connectivity index (χ1) is 10.9. The van der Waals surface area contributed by atoms with E-state index in [9.17, 15) is 15.3 Å². The average Bonchev–Trinajstić information content (AvgIpc) is 3.06. The first-order valence-electron chi connectivity index (χ1n) is 6.91. The van der Waals surface area contributed by atoms with Gasteiger partial charge in [0.05, 0.1) is 12.9 Å². The molecule has 0 radical (unpaired) electrons. The number of nitrogens with one attached hydrogen (secondary N) is 1. The van der Waals surface area contributed by atoms with Crippen LogP contribution in [-0.2, 0) is 4.74 Å². The van der Waals surface area contributed by atoms with Crippen LogP contribution in [-0.4, -0.2) is 64.5 Å². The van der Waals surface area contributed by atoms with E-state index in [1.54, 1.807) is 0 Å². The fraction of sp³-hybridized carbons (Fsp3) is 0.583. The van der Waals surface area contributed by atoms with Gasteiger partial charge in [-0.25, -0.2) is 15.0 Å². The van der Waals surface area contributed by atoms with Gasteiger partial charge in [0.15, 0.2) is 11.9 Å². The Hall–Kier alpha value is -1.73. The van der Waals surface area contributed by atoms with E-state index < -0.39 is 36.8 Å². The molecule has 126 valence electrons. The number of aliphatic hydroxyl groups excluding tert-OH is 2. The molecule has 3 rings (SSSR count). The number of nitrogens with zero attached hydrogens (tertiary/aromatic N) is 4. The van der Waals surface area contributed by atoms with Crippen molar-refractivity contribution in [1.82, 2.24) is 25.0 Å². The second kappa shape index (κ2) is 5.72. The van der Waals surface area contributed by atoms with Crippen molar-refractivity contribution in [1.29, 1.82) is 0 Å². The van der Waals surface area contributed by atoms with Gasteiger partial charge in [0.2, 0.25) is 0 Å². The summed E-state index contributed by atoms with van der Waals surface area (Å²) in [5.41, 5.74) is 6.77. The van der Waals surface area contributed by atoms with Crippen molar-refractivity contribution in [2.45, 2.75) is 37.1 Å². The van der Waals surface area contributed by atoms with Gasteiger partial charge < -0.3 is 31.0 Å². The first kappa shape index (κ1) is 16.1. The number of hydroxylamine groups is 1. The van der Waals surface area contributed by atoms with Gasteiger partial charge in [-0.05, 0) is 6.92 Å². The van der Waals surface area contributed by atoms with Gasteiger partial charge in [-0.3, -0.25) is 4.57 Å². The van der Waals surface area contributed by atoms with Crippen LogP contribution in [0.4, 0.5) is 0 Å². The maximum absolute atomic E-state index is 10.5. The third kappa shape index (κ3) is 2.38. The normalized spacial score (nSPS) is 32.5. The monoisotopic (exact) mass is 326 g/mol. The highest BCUT2D eigenvalue weighted by Gasteiger charge is 2.53. The highest BCUT2D eigenvalue weighted by atomic mass is 16.6. The van der Waals surface area contributed by atoms with E-state index in [0.717, 1.165) is 0 Å². The molecule has 2 aromatic rings. The summed E-state index contributed by atoms with van der Waals surface area (Å²) in [5.74, 6) is 0. The molecule has 0 saturated carbocycles. The van der Waals surface area contributed by atoms with Gasteiger partial charge in [-0.15, -0.1) is 0 Å². The van der Waals surface area contributed by atoms with E-state index in [1.807, 2.05) is 5.48 Å². The predicted octanol–water partition coefficient (Wildman–Crippen LogP) is -2.24. The van der Waals surface area contributed by atoms with E-state index >= 15 is 0 Å². The number of fused-ring (bicyclic) bond motifs is 1. The Bertz CT molecular complexity index is 706. The SMILES string of the molecule is CC1(O)C(O)C(CO)OC1n1cnc2c(C(N)NO)ncnc21. The van der Waals surface area contributed by atoms with Crippen molar-refractivity contribution >= 4 is 11.2 Å². The molecule has 0 amide bonds. The summed E-state index contributed by atoms with van der Waals surface area (Å²) in [6, 6.07) is 0. The molecule has 1 aliphatic rings. The Labute approximate surface area is 130 Å². The number of nitrogens with two attached hydrogens (primary N) is 1. The number of hydrogen-bond donors (Lipinski definition) is 6. The van der Waals surface area contributed by atoms with Crippen LogP contribution >= 0.6 is 0 Å². The second-order valence-corrected chi connectivity index (χ2v) is 5.57. The van der Waals surface area contributed by atoms with Gasteiger partial charge in [-0.2, -0.15) is 5.48 Å². The molecule has 11 nitrogen and oxygen atoms in total. The molecule has 5 unspecified atom stereocenters. The van der Waals surface area contributed by atoms with Crippen molar-refractivity contribution in [3.05, 3.63) is 18.3 Å². The number of hydrogen-bond acceptors (Lipinski definition) is 10.